The molecule has 0 aromatic heterocycles. The zero-order valence-corrected chi connectivity index (χ0v) is 16.3. The second kappa shape index (κ2) is 8.29. The van der Waals surface area contributed by atoms with Crippen molar-refractivity contribution in [2.24, 2.45) is 0 Å². The van der Waals surface area contributed by atoms with E-state index in [9.17, 15) is 9.90 Å². The predicted molar refractivity (Wildman–Crippen MR) is 102 cm³/mol. The van der Waals surface area contributed by atoms with Crippen molar-refractivity contribution in [3.63, 3.8) is 0 Å². The predicted octanol–water partition coefficient (Wildman–Crippen LogP) is 4.82. The first-order chi connectivity index (χ1) is 11.8. The summed E-state index contributed by atoms with van der Waals surface area (Å²) in [6.07, 6.45) is 12.0. The van der Waals surface area contributed by atoms with Crippen molar-refractivity contribution in [3.8, 4) is 0 Å². The average Bonchev–Trinajstić information content (AvgIpc) is 3.27. The average molecular weight is 344 g/mol. The molecule has 3 unspecified atom stereocenters. The fraction of sp³-hybridized carbons (Fsp3) is 0.591. The van der Waals surface area contributed by atoms with Gasteiger partial charge in [-0.25, -0.2) is 0 Å². The Morgan fingerprint density at radius 3 is 2.36 bits per heavy atom. The molecule has 3 nitrogen and oxygen atoms in total. The number of rotatable bonds is 8. The lowest BCUT2D eigenvalue weighted by atomic mass is 9.84. The minimum atomic E-state index is -0.795. The molecule has 0 aromatic carbocycles. The van der Waals surface area contributed by atoms with Gasteiger partial charge in [0.2, 0.25) is 0 Å². The minimum absolute atomic E-state index is 0.000590. The van der Waals surface area contributed by atoms with E-state index in [0.29, 0.717) is 12.0 Å². The molecule has 1 fully saturated rings. The van der Waals surface area contributed by atoms with E-state index in [0.717, 1.165) is 25.7 Å². The highest BCUT2D eigenvalue weighted by Crippen LogP contribution is 2.48. The number of hydrogen-bond acceptors (Lipinski definition) is 3. The Labute approximate surface area is 152 Å². The number of aliphatic hydroxyl groups excluding tert-OH is 1. The summed E-state index contributed by atoms with van der Waals surface area (Å²) < 4.78 is 5.60. The number of aliphatic hydroxyl groups is 1. The standard InChI is InChI=1S/C22H32O3/c1-15(2)8-6-9-16(3)10-7-11-17(4)12-13-22-19(23)14-18(5)20(24)21(22)25-22/h8,10,12,14,20-21,24H,6-7,9,11,13H2,1-5H3/b16-10+,17-12+. The normalized spacial score (nSPS) is 29.2. The second-order valence-corrected chi connectivity index (χ2v) is 7.79. The summed E-state index contributed by atoms with van der Waals surface area (Å²) in [7, 11) is 0. The van der Waals surface area contributed by atoms with E-state index in [-0.39, 0.29) is 11.9 Å². The van der Waals surface area contributed by atoms with Gasteiger partial charge in [-0.2, -0.15) is 0 Å². The van der Waals surface area contributed by atoms with Gasteiger partial charge in [0.05, 0.1) is 0 Å². The third-order valence-corrected chi connectivity index (χ3v) is 5.15. The van der Waals surface area contributed by atoms with E-state index in [2.05, 4.69) is 45.9 Å². The van der Waals surface area contributed by atoms with Gasteiger partial charge in [-0.1, -0.05) is 34.9 Å². The van der Waals surface area contributed by atoms with Gasteiger partial charge in [0.25, 0.3) is 0 Å². The molecule has 0 bridgehead atoms. The van der Waals surface area contributed by atoms with Gasteiger partial charge in [0.15, 0.2) is 11.4 Å². The Morgan fingerprint density at radius 2 is 1.72 bits per heavy atom. The van der Waals surface area contributed by atoms with Gasteiger partial charge in [0, 0.05) is 6.42 Å². The van der Waals surface area contributed by atoms with Crippen LogP contribution in [0.1, 0.15) is 66.7 Å². The molecule has 3 heteroatoms. The molecule has 0 amide bonds. The molecule has 2 rings (SSSR count). The van der Waals surface area contributed by atoms with Crippen LogP contribution in [0.3, 0.4) is 0 Å². The van der Waals surface area contributed by atoms with Gasteiger partial charge in [-0.15, -0.1) is 0 Å². The maximum absolute atomic E-state index is 12.2. The van der Waals surface area contributed by atoms with Crippen molar-refractivity contribution >= 4 is 5.78 Å². The number of fused-ring (bicyclic) bond motifs is 1. The molecular formula is C22H32O3. The van der Waals surface area contributed by atoms with E-state index in [1.54, 1.807) is 6.92 Å². The zero-order valence-electron chi connectivity index (χ0n) is 16.3. The third kappa shape index (κ3) is 5.02. The molecule has 0 saturated carbocycles. The van der Waals surface area contributed by atoms with Crippen LogP contribution in [0.2, 0.25) is 0 Å². The highest BCUT2D eigenvalue weighted by atomic mass is 16.6. The number of epoxide rings is 1. The van der Waals surface area contributed by atoms with Crippen LogP contribution in [0.25, 0.3) is 0 Å². The molecule has 1 aliphatic carbocycles. The fourth-order valence-electron chi connectivity index (χ4n) is 3.29. The van der Waals surface area contributed by atoms with Crippen LogP contribution in [0.4, 0.5) is 0 Å². The van der Waals surface area contributed by atoms with E-state index >= 15 is 0 Å². The molecule has 1 saturated heterocycles. The van der Waals surface area contributed by atoms with Gasteiger partial charge in [0.1, 0.15) is 12.2 Å². The first-order valence-electron chi connectivity index (χ1n) is 9.29. The molecule has 1 heterocycles. The molecule has 0 spiro atoms. The zero-order chi connectivity index (χ0) is 18.6. The van der Waals surface area contributed by atoms with Crippen LogP contribution in [0, 0.1) is 0 Å². The number of hydrogen-bond donors (Lipinski definition) is 1. The van der Waals surface area contributed by atoms with Gasteiger partial charge in [-0.3, -0.25) is 4.79 Å². The number of ether oxygens (including phenoxy) is 1. The number of allylic oxidation sites excluding steroid dienone is 5. The van der Waals surface area contributed by atoms with E-state index < -0.39 is 11.7 Å². The molecule has 3 atom stereocenters. The summed E-state index contributed by atoms with van der Waals surface area (Å²) in [6.45, 7) is 10.3. The molecule has 0 aromatic rings. The molecule has 25 heavy (non-hydrogen) atoms. The Morgan fingerprint density at radius 1 is 1.12 bits per heavy atom. The Kier molecular flexibility index (Phi) is 6.59. The summed E-state index contributed by atoms with van der Waals surface area (Å²) >= 11 is 0. The first-order valence-corrected chi connectivity index (χ1v) is 9.29. The molecule has 2 aliphatic rings. The number of carbonyl (C=O) groups excluding carboxylic acids is 1. The Hall–Kier alpha value is -1.45. The lowest BCUT2D eigenvalue weighted by molar-refractivity contribution is -0.119. The highest BCUT2D eigenvalue weighted by molar-refractivity contribution is 6.02. The van der Waals surface area contributed by atoms with Crippen LogP contribution in [0.5, 0.6) is 0 Å². The van der Waals surface area contributed by atoms with Crippen LogP contribution < -0.4 is 0 Å². The van der Waals surface area contributed by atoms with Gasteiger partial charge < -0.3 is 9.84 Å². The summed E-state index contributed by atoms with van der Waals surface area (Å²) in [5.41, 5.74) is 3.98. The first kappa shape index (κ1) is 19.9. The fourth-order valence-corrected chi connectivity index (χ4v) is 3.29. The maximum atomic E-state index is 12.2. The van der Waals surface area contributed by atoms with Gasteiger partial charge in [-0.05, 0) is 72.0 Å². The lowest BCUT2D eigenvalue weighted by Gasteiger charge is -2.17. The van der Waals surface area contributed by atoms with Crippen molar-refractivity contribution in [1.82, 2.24) is 0 Å². The van der Waals surface area contributed by atoms with Crippen molar-refractivity contribution in [3.05, 3.63) is 46.6 Å². The summed E-state index contributed by atoms with van der Waals surface area (Å²) in [6, 6.07) is 0. The monoisotopic (exact) mass is 344 g/mol. The van der Waals surface area contributed by atoms with Crippen LogP contribution in [-0.4, -0.2) is 28.7 Å². The van der Waals surface area contributed by atoms with E-state index in [1.807, 2.05) is 0 Å². The maximum Gasteiger partial charge on any atom is 0.190 e. The number of ketones is 1. The molecular weight excluding hydrogens is 312 g/mol. The van der Waals surface area contributed by atoms with Crippen LogP contribution >= 0.6 is 0 Å². The van der Waals surface area contributed by atoms with Crippen molar-refractivity contribution < 1.29 is 14.6 Å². The Bertz CT molecular complexity index is 632. The summed E-state index contributed by atoms with van der Waals surface area (Å²) in [4.78, 5) is 12.2. The van der Waals surface area contributed by atoms with Crippen molar-refractivity contribution in [2.45, 2.75) is 84.5 Å². The van der Waals surface area contributed by atoms with E-state index in [1.165, 1.54) is 22.8 Å². The highest BCUT2D eigenvalue weighted by Gasteiger charge is 2.65. The van der Waals surface area contributed by atoms with Crippen molar-refractivity contribution in [2.75, 3.05) is 0 Å². The largest absolute Gasteiger partial charge is 0.386 e. The smallest absolute Gasteiger partial charge is 0.190 e. The van der Waals surface area contributed by atoms with Gasteiger partial charge >= 0.3 is 0 Å². The quantitative estimate of drug-likeness (QED) is 0.507. The molecule has 1 aliphatic heterocycles. The van der Waals surface area contributed by atoms with E-state index in [4.69, 9.17) is 4.74 Å². The topological polar surface area (TPSA) is 49.8 Å². The van der Waals surface area contributed by atoms with Crippen LogP contribution in [0.15, 0.2) is 46.6 Å². The second-order valence-electron chi connectivity index (χ2n) is 7.79. The molecule has 138 valence electrons. The SMILES string of the molecule is CC(C)=CCC/C(C)=C/CC/C(C)=C/CC12OC1C(O)C(C)=CC2=O. The van der Waals surface area contributed by atoms with Crippen molar-refractivity contribution in [1.29, 1.82) is 0 Å². The van der Waals surface area contributed by atoms with Crippen LogP contribution in [-0.2, 0) is 9.53 Å². The number of carbonyl (C=O) groups is 1. The summed E-state index contributed by atoms with van der Waals surface area (Å²) in [5.74, 6) is -0.000590. The third-order valence-electron chi connectivity index (χ3n) is 5.15. The molecule has 1 N–H and O–H groups in total. The molecule has 0 radical (unpaired) electrons. The summed E-state index contributed by atoms with van der Waals surface area (Å²) in [5, 5.41) is 10.1. The lowest BCUT2D eigenvalue weighted by Crippen LogP contribution is -2.36. The Balaban J connectivity index is 1.80. The minimum Gasteiger partial charge on any atom is -0.386 e.